The largest absolute Gasteiger partial charge is 0.489 e. The first-order valence-electron chi connectivity index (χ1n) is 7.64. The van der Waals surface area contributed by atoms with Gasteiger partial charge >= 0.3 is 5.97 Å². The summed E-state index contributed by atoms with van der Waals surface area (Å²) in [4.78, 5) is 27.9. The molecule has 0 saturated carbocycles. The minimum absolute atomic E-state index is 0.173. The molecule has 1 aromatic heterocycles. The first kappa shape index (κ1) is 18.5. The molecular weight excluding hydrogens is 326 g/mol. The number of carbonyl (C=O) groups excluding carboxylic acids is 2. The van der Waals surface area contributed by atoms with Crippen molar-refractivity contribution in [2.45, 2.75) is 6.42 Å². The molecule has 1 aromatic carbocycles. The zero-order valence-electron chi connectivity index (χ0n) is 14.4. The highest BCUT2D eigenvalue weighted by Gasteiger charge is 2.14. The number of rotatable bonds is 8. The van der Waals surface area contributed by atoms with Crippen LogP contribution < -0.4 is 10.1 Å². The second-order valence-corrected chi connectivity index (χ2v) is 5.26. The Hall–Kier alpha value is -2.87. The number of esters is 1. The molecule has 25 heavy (non-hydrogen) atoms. The van der Waals surface area contributed by atoms with E-state index in [1.807, 2.05) is 7.05 Å². The Kier molecular flexibility index (Phi) is 6.53. The number of hydrogen-bond acceptors (Lipinski definition) is 6. The summed E-state index contributed by atoms with van der Waals surface area (Å²) in [5.74, 6) is -0.325. The minimum Gasteiger partial charge on any atom is -0.489 e. The van der Waals surface area contributed by atoms with E-state index in [2.05, 4.69) is 10.3 Å². The van der Waals surface area contributed by atoms with Gasteiger partial charge in [-0.2, -0.15) is 0 Å². The SMILES string of the molecule is COCCOc1cc(C(=O)OC)ccc1NC(=O)Cc1cncn1C. The summed E-state index contributed by atoms with van der Waals surface area (Å²) in [5, 5.41) is 2.79. The summed E-state index contributed by atoms with van der Waals surface area (Å²) < 4.78 is 17.0. The van der Waals surface area contributed by atoms with Crippen molar-refractivity contribution >= 4 is 17.6 Å². The van der Waals surface area contributed by atoms with Gasteiger partial charge in [-0.25, -0.2) is 9.78 Å². The number of aromatic nitrogens is 2. The van der Waals surface area contributed by atoms with E-state index in [9.17, 15) is 9.59 Å². The lowest BCUT2D eigenvalue weighted by Crippen LogP contribution is -2.17. The number of anilines is 1. The number of methoxy groups -OCH3 is 2. The minimum atomic E-state index is -0.482. The topological polar surface area (TPSA) is 91.7 Å². The molecule has 0 atom stereocenters. The summed E-state index contributed by atoms with van der Waals surface area (Å²) in [5.41, 5.74) is 1.58. The summed E-state index contributed by atoms with van der Waals surface area (Å²) >= 11 is 0. The highest BCUT2D eigenvalue weighted by molar-refractivity contribution is 5.95. The van der Waals surface area contributed by atoms with Crippen molar-refractivity contribution in [3.8, 4) is 5.75 Å². The van der Waals surface area contributed by atoms with Gasteiger partial charge in [0.15, 0.2) is 0 Å². The average Bonchev–Trinajstić information content (AvgIpc) is 3.00. The zero-order chi connectivity index (χ0) is 18.2. The van der Waals surface area contributed by atoms with Gasteiger partial charge in [0.05, 0.1) is 37.7 Å². The van der Waals surface area contributed by atoms with Crippen LogP contribution in [-0.2, 0) is 27.7 Å². The molecule has 0 aliphatic rings. The molecule has 0 aliphatic carbocycles. The van der Waals surface area contributed by atoms with E-state index in [0.717, 1.165) is 5.69 Å². The fraction of sp³-hybridized carbons (Fsp3) is 0.353. The number of ether oxygens (including phenoxy) is 3. The number of aryl methyl sites for hydroxylation is 1. The second-order valence-electron chi connectivity index (χ2n) is 5.26. The van der Waals surface area contributed by atoms with Gasteiger partial charge < -0.3 is 24.1 Å². The number of nitrogens with one attached hydrogen (secondary N) is 1. The van der Waals surface area contributed by atoms with Gasteiger partial charge in [-0.05, 0) is 18.2 Å². The third-order valence-electron chi connectivity index (χ3n) is 3.48. The van der Waals surface area contributed by atoms with E-state index in [1.165, 1.54) is 13.2 Å². The van der Waals surface area contributed by atoms with Crippen LogP contribution in [0.3, 0.4) is 0 Å². The van der Waals surface area contributed by atoms with Crippen LogP contribution in [0.25, 0.3) is 0 Å². The number of benzene rings is 1. The van der Waals surface area contributed by atoms with E-state index in [4.69, 9.17) is 14.2 Å². The van der Waals surface area contributed by atoms with Crippen LogP contribution in [0.1, 0.15) is 16.1 Å². The van der Waals surface area contributed by atoms with Crippen molar-refractivity contribution in [1.29, 1.82) is 0 Å². The van der Waals surface area contributed by atoms with Gasteiger partial charge in [0, 0.05) is 26.0 Å². The molecule has 8 nitrogen and oxygen atoms in total. The molecule has 2 rings (SSSR count). The summed E-state index contributed by atoms with van der Waals surface area (Å²) in [6, 6.07) is 4.70. The summed E-state index contributed by atoms with van der Waals surface area (Å²) in [6.07, 6.45) is 3.44. The molecule has 0 fully saturated rings. The molecule has 2 aromatic rings. The third-order valence-corrected chi connectivity index (χ3v) is 3.48. The van der Waals surface area contributed by atoms with Gasteiger partial charge in [0.1, 0.15) is 12.4 Å². The maximum absolute atomic E-state index is 12.3. The van der Waals surface area contributed by atoms with Gasteiger partial charge in [0.25, 0.3) is 0 Å². The van der Waals surface area contributed by atoms with Gasteiger partial charge in [-0.3, -0.25) is 4.79 Å². The molecule has 0 unspecified atom stereocenters. The van der Waals surface area contributed by atoms with Gasteiger partial charge in [-0.1, -0.05) is 0 Å². The van der Waals surface area contributed by atoms with Crippen LogP contribution >= 0.6 is 0 Å². The number of amides is 1. The Morgan fingerprint density at radius 1 is 1.24 bits per heavy atom. The number of carbonyl (C=O) groups is 2. The maximum atomic E-state index is 12.3. The predicted molar refractivity (Wildman–Crippen MR) is 90.7 cm³/mol. The van der Waals surface area contributed by atoms with Crippen molar-refractivity contribution in [2.24, 2.45) is 7.05 Å². The average molecular weight is 347 g/mol. The fourth-order valence-corrected chi connectivity index (χ4v) is 2.14. The summed E-state index contributed by atoms with van der Waals surface area (Å²) in [7, 11) is 4.68. The van der Waals surface area contributed by atoms with Crippen LogP contribution in [-0.4, -0.2) is 48.9 Å². The van der Waals surface area contributed by atoms with Crippen molar-refractivity contribution in [2.75, 3.05) is 32.8 Å². The van der Waals surface area contributed by atoms with Crippen LogP contribution in [0.15, 0.2) is 30.7 Å². The maximum Gasteiger partial charge on any atom is 0.337 e. The molecule has 0 saturated heterocycles. The molecule has 0 bridgehead atoms. The third kappa shape index (κ3) is 5.05. The standard InChI is InChI=1S/C17H21N3O5/c1-20-11-18-10-13(20)9-16(21)19-14-5-4-12(17(22)24-3)8-15(14)25-7-6-23-2/h4-5,8,10-11H,6-7,9H2,1-3H3,(H,19,21). The Morgan fingerprint density at radius 2 is 2.04 bits per heavy atom. The normalized spacial score (nSPS) is 10.4. The van der Waals surface area contributed by atoms with E-state index >= 15 is 0 Å². The van der Waals surface area contributed by atoms with Crippen LogP contribution in [0.2, 0.25) is 0 Å². The quantitative estimate of drug-likeness (QED) is 0.573. The van der Waals surface area contributed by atoms with Crippen LogP contribution in [0.4, 0.5) is 5.69 Å². The van der Waals surface area contributed by atoms with Crippen LogP contribution in [0, 0.1) is 0 Å². The van der Waals surface area contributed by atoms with Crippen molar-refractivity contribution in [3.63, 3.8) is 0 Å². The first-order valence-corrected chi connectivity index (χ1v) is 7.64. The van der Waals surface area contributed by atoms with E-state index in [-0.39, 0.29) is 18.9 Å². The van der Waals surface area contributed by atoms with E-state index < -0.39 is 5.97 Å². The molecule has 134 valence electrons. The highest BCUT2D eigenvalue weighted by atomic mass is 16.5. The smallest absolute Gasteiger partial charge is 0.337 e. The summed E-state index contributed by atoms with van der Waals surface area (Å²) in [6.45, 7) is 0.663. The Bertz CT molecular complexity index is 742. The fourth-order valence-electron chi connectivity index (χ4n) is 2.14. The van der Waals surface area contributed by atoms with Crippen molar-refractivity contribution in [3.05, 3.63) is 42.0 Å². The van der Waals surface area contributed by atoms with Crippen molar-refractivity contribution < 1.29 is 23.8 Å². The monoisotopic (exact) mass is 347 g/mol. The first-order chi connectivity index (χ1) is 12.0. The highest BCUT2D eigenvalue weighted by Crippen LogP contribution is 2.26. The second kappa shape index (κ2) is 8.84. The zero-order valence-corrected chi connectivity index (χ0v) is 14.4. The molecule has 1 heterocycles. The molecule has 0 aliphatic heterocycles. The molecule has 0 spiro atoms. The lowest BCUT2D eigenvalue weighted by Gasteiger charge is -2.14. The molecule has 1 N–H and O–H groups in total. The van der Waals surface area contributed by atoms with Crippen LogP contribution in [0.5, 0.6) is 5.75 Å². The Balaban J connectivity index is 2.15. The predicted octanol–water partition coefficient (Wildman–Crippen LogP) is 1.41. The lowest BCUT2D eigenvalue weighted by atomic mass is 10.2. The number of imidazole rings is 1. The lowest BCUT2D eigenvalue weighted by molar-refractivity contribution is -0.115. The molecule has 0 radical (unpaired) electrons. The van der Waals surface area contributed by atoms with E-state index in [0.29, 0.717) is 23.6 Å². The molecule has 1 amide bonds. The number of hydrogen-bond donors (Lipinski definition) is 1. The van der Waals surface area contributed by atoms with E-state index in [1.54, 1.807) is 36.3 Å². The Morgan fingerprint density at radius 3 is 2.68 bits per heavy atom. The van der Waals surface area contributed by atoms with Crippen molar-refractivity contribution in [1.82, 2.24) is 9.55 Å². The van der Waals surface area contributed by atoms with Gasteiger partial charge in [0.2, 0.25) is 5.91 Å². The Labute approximate surface area is 145 Å². The number of nitrogens with zero attached hydrogens (tertiary/aromatic N) is 2. The molecule has 8 heteroatoms. The van der Waals surface area contributed by atoms with Gasteiger partial charge in [-0.15, -0.1) is 0 Å². The molecular formula is C17H21N3O5.